The van der Waals surface area contributed by atoms with Crippen LogP contribution in [0.3, 0.4) is 0 Å². The van der Waals surface area contributed by atoms with Gasteiger partial charge in [-0.25, -0.2) is 0 Å². The molecule has 0 aliphatic carbocycles. The van der Waals surface area contributed by atoms with E-state index < -0.39 is 4.92 Å². The number of nitrogen functional groups attached to an aromatic ring is 1. The predicted molar refractivity (Wildman–Crippen MR) is 39.6 cm³/mol. The van der Waals surface area contributed by atoms with Crippen LogP contribution in [-0.2, 0) is 0 Å². The van der Waals surface area contributed by atoms with Gasteiger partial charge in [-0.1, -0.05) is 0 Å². The molecule has 0 fully saturated rings. The average Bonchev–Trinajstić information content (AvgIpc) is 2.11. The first-order valence-electron chi connectivity index (χ1n) is 2.39. The topological polar surface area (TPSA) is 85.0 Å². The van der Waals surface area contributed by atoms with Crippen LogP contribution in [0.4, 0.5) is 11.5 Å². The number of nitrogens with one attached hydrogen (secondary N) is 1. The van der Waals surface area contributed by atoms with Gasteiger partial charge in [0, 0.05) is 6.20 Å². The van der Waals surface area contributed by atoms with Crippen LogP contribution < -0.4 is 5.73 Å². The lowest BCUT2D eigenvalue weighted by Crippen LogP contribution is -1.92. The molecule has 0 radical (unpaired) electrons. The van der Waals surface area contributed by atoms with Crippen molar-refractivity contribution in [2.24, 2.45) is 0 Å². The van der Waals surface area contributed by atoms with Crippen LogP contribution in [0.5, 0.6) is 0 Å². The summed E-state index contributed by atoms with van der Waals surface area (Å²) in [5, 5.41) is 10.2. The van der Waals surface area contributed by atoms with Gasteiger partial charge < -0.3 is 10.7 Å². The second kappa shape index (κ2) is 2.30. The molecular formula is C4H4BrN3O2. The molecule has 54 valence electrons. The van der Waals surface area contributed by atoms with Gasteiger partial charge in [-0.2, -0.15) is 0 Å². The Morgan fingerprint density at radius 2 is 2.40 bits per heavy atom. The smallest absolute Gasteiger partial charge is 0.324 e. The van der Waals surface area contributed by atoms with Gasteiger partial charge in [0.05, 0.1) is 4.92 Å². The molecule has 1 rings (SSSR count). The Morgan fingerprint density at radius 1 is 1.80 bits per heavy atom. The molecule has 3 N–H and O–H groups in total. The van der Waals surface area contributed by atoms with E-state index >= 15 is 0 Å². The number of nitrogens with zero attached hydrogens (tertiary/aromatic N) is 1. The highest BCUT2D eigenvalue weighted by atomic mass is 79.9. The molecule has 0 saturated carbocycles. The first kappa shape index (κ1) is 7.07. The normalized spacial score (nSPS) is 9.70. The molecule has 0 amide bonds. The highest BCUT2D eigenvalue weighted by Crippen LogP contribution is 2.29. The SMILES string of the molecule is Nc1[nH]cc(Br)c1[N+](=O)[O-]. The van der Waals surface area contributed by atoms with E-state index in [0.717, 1.165) is 0 Å². The van der Waals surface area contributed by atoms with Gasteiger partial charge in [-0.05, 0) is 15.9 Å². The van der Waals surface area contributed by atoms with E-state index in [1.807, 2.05) is 0 Å². The van der Waals surface area contributed by atoms with Crippen molar-refractivity contribution in [1.29, 1.82) is 0 Å². The number of aromatic amines is 1. The standard InChI is InChI=1S/C4H4BrN3O2/c5-2-1-7-4(6)3(2)8(9)10/h1,7H,6H2. The summed E-state index contributed by atoms with van der Waals surface area (Å²) in [6, 6.07) is 0. The van der Waals surface area contributed by atoms with Crippen LogP contribution in [0, 0.1) is 10.1 Å². The van der Waals surface area contributed by atoms with Crippen LogP contribution in [0.2, 0.25) is 0 Å². The first-order chi connectivity index (χ1) is 4.63. The van der Waals surface area contributed by atoms with E-state index in [-0.39, 0.29) is 11.5 Å². The average molecular weight is 206 g/mol. The third kappa shape index (κ3) is 0.971. The fourth-order valence-corrected chi connectivity index (χ4v) is 1.06. The lowest BCUT2D eigenvalue weighted by Gasteiger charge is -1.86. The fraction of sp³-hybridized carbons (Fsp3) is 0. The molecule has 5 nitrogen and oxygen atoms in total. The summed E-state index contributed by atoms with van der Waals surface area (Å²) in [6.07, 6.45) is 1.42. The molecule has 0 aliphatic rings. The Labute approximate surface area is 64.5 Å². The fourth-order valence-electron chi connectivity index (χ4n) is 0.592. The molecule has 0 aliphatic heterocycles. The first-order valence-corrected chi connectivity index (χ1v) is 3.19. The van der Waals surface area contributed by atoms with Gasteiger partial charge in [-0.3, -0.25) is 10.1 Å². The molecule has 0 unspecified atom stereocenters. The van der Waals surface area contributed by atoms with E-state index in [1.54, 1.807) is 0 Å². The number of hydrogen-bond acceptors (Lipinski definition) is 3. The van der Waals surface area contributed by atoms with E-state index in [1.165, 1.54) is 6.20 Å². The van der Waals surface area contributed by atoms with Crippen LogP contribution in [0.25, 0.3) is 0 Å². The Balaban J connectivity index is 3.23. The Kier molecular flexibility index (Phi) is 1.62. The molecular weight excluding hydrogens is 202 g/mol. The van der Waals surface area contributed by atoms with Crippen molar-refractivity contribution in [3.63, 3.8) is 0 Å². The van der Waals surface area contributed by atoms with E-state index in [2.05, 4.69) is 20.9 Å². The maximum atomic E-state index is 10.2. The largest absolute Gasteiger partial charge is 0.380 e. The molecule has 6 heteroatoms. The minimum atomic E-state index is -0.546. The minimum Gasteiger partial charge on any atom is -0.380 e. The summed E-state index contributed by atoms with van der Waals surface area (Å²) < 4.78 is 0.370. The minimum absolute atomic E-state index is 0.0666. The van der Waals surface area contributed by atoms with E-state index in [0.29, 0.717) is 4.47 Å². The number of halogens is 1. The Bertz CT molecular complexity index is 250. The number of aromatic nitrogens is 1. The van der Waals surface area contributed by atoms with Gasteiger partial charge in [0.15, 0.2) is 5.82 Å². The zero-order chi connectivity index (χ0) is 7.72. The summed E-state index contributed by atoms with van der Waals surface area (Å²) in [6.45, 7) is 0. The van der Waals surface area contributed by atoms with Crippen molar-refractivity contribution >= 4 is 27.4 Å². The number of nitrogens with two attached hydrogens (primary N) is 1. The van der Waals surface area contributed by atoms with Crippen LogP contribution >= 0.6 is 15.9 Å². The summed E-state index contributed by atoms with van der Waals surface area (Å²) in [7, 11) is 0. The van der Waals surface area contributed by atoms with Crippen molar-refractivity contribution in [1.82, 2.24) is 4.98 Å². The lowest BCUT2D eigenvalue weighted by molar-refractivity contribution is -0.384. The molecule has 1 aromatic rings. The summed E-state index contributed by atoms with van der Waals surface area (Å²) in [4.78, 5) is 12.1. The van der Waals surface area contributed by atoms with Crippen LogP contribution in [0.15, 0.2) is 10.7 Å². The number of rotatable bonds is 1. The third-order valence-electron chi connectivity index (χ3n) is 1.02. The second-order valence-electron chi connectivity index (χ2n) is 1.66. The highest BCUT2D eigenvalue weighted by molar-refractivity contribution is 9.10. The number of nitro groups is 1. The summed E-state index contributed by atoms with van der Waals surface area (Å²) in [5.41, 5.74) is 5.10. The molecule has 1 aromatic heterocycles. The van der Waals surface area contributed by atoms with Crippen molar-refractivity contribution in [2.45, 2.75) is 0 Å². The lowest BCUT2D eigenvalue weighted by atomic mass is 10.5. The third-order valence-corrected chi connectivity index (χ3v) is 1.62. The number of H-pyrrole nitrogens is 1. The predicted octanol–water partition coefficient (Wildman–Crippen LogP) is 1.27. The maximum absolute atomic E-state index is 10.2. The zero-order valence-corrected chi connectivity index (χ0v) is 6.38. The second-order valence-corrected chi connectivity index (χ2v) is 2.51. The zero-order valence-electron chi connectivity index (χ0n) is 4.80. The monoisotopic (exact) mass is 205 g/mol. The highest BCUT2D eigenvalue weighted by Gasteiger charge is 2.17. The Hall–Kier alpha value is -1.04. The van der Waals surface area contributed by atoms with Crippen molar-refractivity contribution in [2.75, 3.05) is 5.73 Å². The molecule has 0 spiro atoms. The van der Waals surface area contributed by atoms with Gasteiger partial charge in [0.25, 0.3) is 0 Å². The molecule has 10 heavy (non-hydrogen) atoms. The summed E-state index contributed by atoms with van der Waals surface area (Å²) in [5.74, 6) is 0.0666. The van der Waals surface area contributed by atoms with Gasteiger partial charge >= 0.3 is 5.69 Å². The van der Waals surface area contributed by atoms with Gasteiger partial charge in [0.2, 0.25) is 0 Å². The van der Waals surface area contributed by atoms with Crippen molar-refractivity contribution in [3.8, 4) is 0 Å². The van der Waals surface area contributed by atoms with Gasteiger partial charge in [-0.15, -0.1) is 0 Å². The molecule has 0 atom stereocenters. The van der Waals surface area contributed by atoms with Crippen molar-refractivity contribution < 1.29 is 4.92 Å². The van der Waals surface area contributed by atoms with E-state index in [4.69, 9.17) is 5.73 Å². The maximum Gasteiger partial charge on any atom is 0.324 e. The number of anilines is 1. The van der Waals surface area contributed by atoms with Crippen LogP contribution in [-0.4, -0.2) is 9.91 Å². The summed E-state index contributed by atoms with van der Waals surface area (Å²) >= 11 is 2.96. The molecule has 1 heterocycles. The van der Waals surface area contributed by atoms with Crippen LogP contribution in [0.1, 0.15) is 0 Å². The quantitative estimate of drug-likeness (QED) is 0.535. The molecule has 0 aromatic carbocycles. The number of hydrogen-bond donors (Lipinski definition) is 2. The molecule has 0 bridgehead atoms. The van der Waals surface area contributed by atoms with Crippen molar-refractivity contribution in [3.05, 3.63) is 20.8 Å². The Morgan fingerprint density at radius 3 is 2.60 bits per heavy atom. The van der Waals surface area contributed by atoms with E-state index in [9.17, 15) is 10.1 Å². The molecule has 0 saturated heterocycles. The van der Waals surface area contributed by atoms with Gasteiger partial charge in [0.1, 0.15) is 4.47 Å².